The maximum Gasteiger partial charge on any atom is 0.408 e. The molecule has 144 valence electrons. The first-order valence-electron chi connectivity index (χ1n) is 8.95. The van der Waals surface area contributed by atoms with Crippen LogP contribution in [0.4, 0.5) is 4.79 Å². The van der Waals surface area contributed by atoms with Crippen molar-refractivity contribution in [1.29, 1.82) is 0 Å². The smallest absolute Gasteiger partial charge is 0.408 e. The number of hydrogen-bond donors (Lipinski definition) is 2. The maximum absolute atomic E-state index is 12.7. The molecule has 7 nitrogen and oxygen atoms in total. The number of esters is 1. The van der Waals surface area contributed by atoms with Crippen molar-refractivity contribution >= 4 is 18.0 Å². The molecule has 0 heterocycles. The zero-order valence-electron chi connectivity index (χ0n) is 16.2. The minimum atomic E-state index is -0.772. The second kappa shape index (κ2) is 9.06. The fraction of sp³-hybridized carbons (Fsp3) is 0.833. The highest BCUT2D eigenvalue weighted by atomic mass is 16.6. The van der Waals surface area contributed by atoms with Gasteiger partial charge in [-0.2, -0.15) is 0 Å². The van der Waals surface area contributed by atoms with E-state index in [1.807, 2.05) is 13.8 Å². The lowest BCUT2D eigenvalue weighted by Crippen LogP contribution is -2.55. The SMILES string of the molecule is CC[C@H](C)[C@H](NC(=O)OC(C)(C)C)C(=O)N[C@@H](CC1CC1)C(=O)OC. The summed E-state index contributed by atoms with van der Waals surface area (Å²) in [6.07, 6.45) is 2.74. The minimum absolute atomic E-state index is 0.105. The van der Waals surface area contributed by atoms with Gasteiger partial charge in [-0.15, -0.1) is 0 Å². The van der Waals surface area contributed by atoms with Crippen molar-refractivity contribution in [3.05, 3.63) is 0 Å². The molecule has 2 amide bonds. The van der Waals surface area contributed by atoms with Crippen LogP contribution in [0.3, 0.4) is 0 Å². The molecule has 0 aromatic heterocycles. The van der Waals surface area contributed by atoms with Gasteiger partial charge in [0.1, 0.15) is 17.7 Å². The first kappa shape index (κ1) is 21.3. The van der Waals surface area contributed by atoms with Crippen molar-refractivity contribution in [2.24, 2.45) is 11.8 Å². The number of alkyl carbamates (subject to hydrolysis) is 1. The van der Waals surface area contributed by atoms with Crippen molar-refractivity contribution in [1.82, 2.24) is 10.6 Å². The van der Waals surface area contributed by atoms with Gasteiger partial charge in [0.2, 0.25) is 5.91 Å². The molecule has 3 atom stereocenters. The van der Waals surface area contributed by atoms with Crippen LogP contribution in [0.2, 0.25) is 0 Å². The number of hydrogen-bond acceptors (Lipinski definition) is 5. The van der Waals surface area contributed by atoms with Crippen LogP contribution in [0, 0.1) is 11.8 Å². The number of carbonyl (C=O) groups is 3. The summed E-state index contributed by atoms with van der Waals surface area (Å²) in [4.78, 5) is 36.7. The first-order valence-corrected chi connectivity index (χ1v) is 8.95. The number of amides is 2. The Balaban J connectivity index is 2.76. The van der Waals surface area contributed by atoms with Crippen molar-refractivity contribution < 1.29 is 23.9 Å². The maximum atomic E-state index is 12.7. The average molecular weight is 356 g/mol. The normalized spacial score (nSPS) is 17.8. The molecule has 0 aromatic rings. The summed E-state index contributed by atoms with van der Waals surface area (Å²) < 4.78 is 10.0. The second-order valence-corrected chi connectivity index (χ2v) is 7.77. The molecule has 0 radical (unpaired) electrons. The van der Waals surface area contributed by atoms with E-state index in [4.69, 9.17) is 9.47 Å². The molecule has 2 N–H and O–H groups in total. The Morgan fingerprint density at radius 1 is 1.16 bits per heavy atom. The molecule has 0 aliphatic heterocycles. The van der Waals surface area contributed by atoms with Gasteiger partial charge >= 0.3 is 12.1 Å². The fourth-order valence-corrected chi connectivity index (χ4v) is 2.44. The zero-order valence-corrected chi connectivity index (χ0v) is 16.2. The van der Waals surface area contributed by atoms with Gasteiger partial charge in [0.05, 0.1) is 7.11 Å². The third kappa shape index (κ3) is 7.75. The monoisotopic (exact) mass is 356 g/mol. The van der Waals surface area contributed by atoms with Gasteiger partial charge in [0, 0.05) is 0 Å². The summed E-state index contributed by atoms with van der Waals surface area (Å²) in [5.74, 6) is -0.506. The molecular weight excluding hydrogens is 324 g/mol. The van der Waals surface area contributed by atoms with E-state index in [0.717, 1.165) is 12.8 Å². The summed E-state index contributed by atoms with van der Waals surface area (Å²) >= 11 is 0. The molecule has 0 unspecified atom stereocenters. The Morgan fingerprint density at radius 3 is 2.20 bits per heavy atom. The van der Waals surface area contributed by atoms with Crippen LogP contribution in [0.15, 0.2) is 0 Å². The third-order valence-corrected chi connectivity index (χ3v) is 4.24. The molecule has 1 aliphatic carbocycles. The van der Waals surface area contributed by atoms with E-state index in [9.17, 15) is 14.4 Å². The van der Waals surface area contributed by atoms with Gasteiger partial charge in [0.15, 0.2) is 0 Å². The summed E-state index contributed by atoms with van der Waals surface area (Å²) in [6, 6.07) is -1.46. The average Bonchev–Trinajstić information content (AvgIpc) is 3.32. The Kier molecular flexibility index (Phi) is 7.70. The predicted molar refractivity (Wildman–Crippen MR) is 93.9 cm³/mol. The van der Waals surface area contributed by atoms with Gasteiger partial charge in [-0.1, -0.05) is 33.1 Å². The van der Waals surface area contributed by atoms with Crippen LogP contribution in [-0.2, 0) is 19.1 Å². The standard InChI is InChI=1S/C18H32N2O5/c1-7-11(2)14(20-17(23)25-18(3,4)5)15(21)19-13(16(22)24-6)10-12-8-9-12/h11-14H,7-10H2,1-6H3,(H,19,21)(H,20,23)/t11-,13-,14-/m0/s1. The van der Waals surface area contributed by atoms with Gasteiger partial charge in [-0.3, -0.25) is 4.79 Å². The highest BCUT2D eigenvalue weighted by Crippen LogP contribution is 2.33. The van der Waals surface area contributed by atoms with E-state index < -0.39 is 35.7 Å². The fourth-order valence-electron chi connectivity index (χ4n) is 2.44. The Hall–Kier alpha value is -1.79. The zero-order chi connectivity index (χ0) is 19.2. The van der Waals surface area contributed by atoms with E-state index in [1.165, 1.54) is 7.11 Å². The van der Waals surface area contributed by atoms with Crippen LogP contribution in [0.5, 0.6) is 0 Å². The lowest BCUT2D eigenvalue weighted by Gasteiger charge is -2.27. The highest BCUT2D eigenvalue weighted by molar-refractivity contribution is 5.89. The molecule has 0 aromatic carbocycles. The lowest BCUT2D eigenvalue weighted by molar-refractivity contribution is -0.145. The molecule has 0 spiro atoms. The Bertz CT molecular complexity index is 482. The molecule has 7 heteroatoms. The number of nitrogens with one attached hydrogen (secondary N) is 2. The quantitative estimate of drug-likeness (QED) is 0.651. The molecule has 0 bridgehead atoms. The summed E-state index contributed by atoms with van der Waals surface area (Å²) in [6.45, 7) is 9.08. The van der Waals surface area contributed by atoms with Gasteiger partial charge in [-0.05, 0) is 39.0 Å². The van der Waals surface area contributed by atoms with Gasteiger partial charge in [-0.25, -0.2) is 9.59 Å². The van der Waals surface area contributed by atoms with Crippen molar-refractivity contribution in [2.75, 3.05) is 7.11 Å². The number of carbonyl (C=O) groups excluding carboxylic acids is 3. The van der Waals surface area contributed by atoms with E-state index in [0.29, 0.717) is 18.8 Å². The minimum Gasteiger partial charge on any atom is -0.467 e. The summed E-state index contributed by atoms with van der Waals surface area (Å²) in [7, 11) is 1.31. The van der Waals surface area contributed by atoms with Crippen LogP contribution in [0.1, 0.15) is 60.3 Å². The second-order valence-electron chi connectivity index (χ2n) is 7.77. The van der Waals surface area contributed by atoms with Crippen molar-refractivity contribution in [3.63, 3.8) is 0 Å². The van der Waals surface area contributed by atoms with Gasteiger partial charge < -0.3 is 20.1 Å². The molecule has 25 heavy (non-hydrogen) atoms. The number of rotatable bonds is 8. The van der Waals surface area contributed by atoms with Crippen LogP contribution in [-0.4, -0.2) is 42.8 Å². The molecule has 1 fully saturated rings. The molecule has 1 rings (SSSR count). The highest BCUT2D eigenvalue weighted by Gasteiger charge is 2.34. The molecule has 0 saturated heterocycles. The van der Waals surface area contributed by atoms with E-state index in [-0.39, 0.29) is 5.92 Å². The van der Waals surface area contributed by atoms with E-state index in [2.05, 4.69) is 10.6 Å². The largest absolute Gasteiger partial charge is 0.467 e. The van der Waals surface area contributed by atoms with E-state index in [1.54, 1.807) is 20.8 Å². The Morgan fingerprint density at radius 2 is 1.76 bits per heavy atom. The topological polar surface area (TPSA) is 93.7 Å². The van der Waals surface area contributed by atoms with Gasteiger partial charge in [0.25, 0.3) is 0 Å². The number of ether oxygens (including phenoxy) is 2. The molecule has 1 saturated carbocycles. The van der Waals surface area contributed by atoms with Crippen molar-refractivity contribution in [3.8, 4) is 0 Å². The first-order chi connectivity index (χ1) is 11.6. The Labute approximate surface area is 150 Å². The van der Waals surface area contributed by atoms with Crippen LogP contribution < -0.4 is 10.6 Å². The van der Waals surface area contributed by atoms with Crippen molar-refractivity contribution in [2.45, 2.75) is 78.0 Å². The predicted octanol–water partition coefficient (Wildman–Crippen LogP) is 2.38. The van der Waals surface area contributed by atoms with Crippen LogP contribution in [0.25, 0.3) is 0 Å². The van der Waals surface area contributed by atoms with Crippen LogP contribution >= 0.6 is 0 Å². The third-order valence-electron chi connectivity index (χ3n) is 4.24. The van der Waals surface area contributed by atoms with E-state index >= 15 is 0 Å². The lowest BCUT2D eigenvalue weighted by atomic mass is 9.98. The summed E-state index contributed by atoms with van der Waals surface area (Å²) in [5.41, 5.74) is -0.652. The number of methoxy groups -OCH3 is 1. The summed E-state index contributed by atoms with van der Waals surface area (Å²) in [5, 5.41) is 5.37. The molecular formula is C18H32N2O5. The molecule has 1 aliphatic rings.